The SMILES string of the molecule is Cc1cc(-c2ccc(CN3C[C@@H]4CC3CN4C(=O)OC(C)(C)C)cc2)cn(C)c1=O. The third-order valence-electron chi connectivity index (χ3n) is 6.02. The summed E-state index contributed by atoms with van der Waals surface area (Å²) in [4.78, 5) is 28.7. The predicted octanol–water partition coefficient (Wildman–Crippen LogP) is 3.55. The maximum atomic E-state index is 12.4. The number of benzene rings is 1. The second-order valence-electron chi connectivity index (χ2n) is 9.63. The molecule has 1 amide bonds. The van der Waals surface area contributed by atoms with E-state index in [4.69, 9.17) is 4.74 Å². The number of pyridine rings is 1. The van der Waals surface area contributed by atoms with Gasteiger partial charge >= 0.3 is 6.09 Å². The summed E-state index contributed by atoms with van der Waals surface area (Å²) in [5.74, 6) is 0. The van der Waals surface area contributed by atoms with Gasteiger partial charge in [-0.1, -0.05) is 24.3 Å². The van der Waals surface area contributed by atoms with Crippen molar-refractivity contribution in [3.8, 4) is 11.1 Å². The highest BCUT2D eigenvalue weighted by molar-refractivity contribution is 5.69. The van der Waals surface area contributed by atoms with Crippen molar-refractivity contribution in [1.82, 2.24) is 14.4 Å². The van der Waals surface area contributed by atoms with Gasteiger partial charge in [-0.25, -0.2) is 4.79 Å². The molecule has 0 spiro atoms. The number of rotatable bonds is 3. The van der Waals surface area contributed by atoms with Crippen LogP contribution in [0.2, 0.25) is 0 Å². The first-order valence-corrected chi connectivity index (χ1v) is 10.6. The van der Waals surface area contributed by atoms with Gasteiger partial charge < -0.3 is 14.2 Å². The first kappa shape index (κ1) is 20.7. The van der Waals surface area contributed by atoms with Gasteiger partial charge in [0.05, 0.1) is 0 Å². The molecule has 4 rings (SSSR count). The first-order chi connectivity index (χ1) is 14.1. The fraction of sp³-hybridized carbons (Fsp3) is 0.500. The summed E-state index contributed by atoms with van der Waals surface area (Å²) in [7, 11) is 1.79. The number of fused-ring (bicyclic) bond motifs is 2. The minimum atomic E-state index is -0.454. The summed E-state index contributed by atoms with van der Waals surface area (Å²) in [6.07, 6.45) is 2.72. The van der Waals surface area contributed by atoms with E-state index in [0.29, 0.717) is 6.04 Å². The summed E-state index contributed by atoms with van der Waals surface area (Å²) in [6, 6.07) is 11.2. The Hall–Kier alpha value is -2.60. The van der Waals surface area contributed by atoms with Gasteiger partial charge in [-0.2, -0.15) is 0 Å². The van der Waals surface area contributed by atoms with E-state index < -0.39 is 5.60 Å². The predicted molar refractivity (Wildman–Crippen MR) is 117 cm³/mol. The Morgan fingerprint density at radius 2 is 1.80 bits per heavy atom. The van der Waals surface area contributed by atoms with E-state index in [2.05, 4.69) is 29.2 Å². The van der Waals surface area contributed by atoms with Crippen molar-refractivity contribution < 1.29 is 9.53 Å². The number of amides is 1. The van der Waals surface area contributed by atoms with Crippen LogP contribution in [0.25, 0.3) is 11.1 Å². The van der Waals surface area contributed by atoms with Crippen LogP contribution in [0.1, 0.15) is 38.3 Å². The van der Waals surface area contributed by atoms with E-state index in [-0.39, 0.29) is 17.7 Å². The molecule has 0 saturated carbocycles. The van der Waals surface area contributed by atoms with Gasteiger partial charge in [0.2, 0.25) is 0 Å². The fourth-order valence-corrected chi connectivity index (χ4v) is 4.56. The van der Waals surface area contributed by atoms with Gasteiger partial charge in [0, 0.05) is 50.5 Å². The Balaban J connectivity index is 1.39. The molecular weight excluding hydrogens is 378 g/mol. The lowest BCUT2D eigenvalue weighted by molar-refractivity contribution is 0.0124. The van der Waals surface area contributed by atoms with E-state index >= 15 is 0 Å². The van der Waals surface area contributed by atoms with Gasteiger partial charge in [-0.3, -0.25) is 9.69 Å². The van der Waals surface area contributed by atoms with Gasteiger partial charge in [0.1, 0.15) is 5.60 Å². The van der Waals surface area contributed by atoms with E-state index in [1.807, 2.05) is 44.9 Å². The van der Waals surface area contributed by atoms with Crippen molar-refractivity contribution in [3.05, 3.63) is 58.0 Å². The number of likely N-dealkylation sites (tertiary alicyclic amines) is 2. The van der Waals surface area contributed by atoms with Crippen molar-refractivity contribution >= 4 is 6.09 Å². The average Bonchev–Trinajstić information content (AvgIpc) is 3.25. The zero-order chi connectivity index (χ0) is 21.6. The highest BCUT2D eigenvalue weighted by Gasteiger charge is 2.46. The zero-order valence-electron chi connectivity index (χ0n) is 18.5. The smallest absolute Gasteiger partial charge is 0.410 e. The molecule has 6 nitrogen and oxygen atoms in total. The number of carbonyl (C=O) groups excluding carboxylic acids is 1. The van der Waals surface area contributed by atoms with Crippen molar-refractivity contribution in [2.75, 3.05) is 13.1 Å². The molecule has 2 fully saturated rings. The second-order valence-corrected chi connectivity index (χ2v) is 9.63. The number of aromatic nitrogens is 1. The molecule has 2 aliphatic rings. The molecule has 2 bridgehead atoms. The van der Waals surface area contributed by atoms with Crippen LogP contribution < -0.4 is 5.56 Å². The van der Waals surface area contributed by atoms with Crippen LogP contribution in [0.3, 0.4) is 0 Å². The Morgan fingerprint density at radius 1 is 1.10 bits per heavy atom. The highest BCUT2D eigenvalue weighted by atomic mass is 16.6. The highest BCUT2D eigenvalue weighted by Crippen LogP contribution is 2.33. The summed E-state index contributed by atoms with van der Waals surface area (Å²) in [6.45, 7) is 10.1. The molecule has 2 aromatic rings. The molecule has 30 heavy (non-hydrogen) atoms. The van der Waals surface area contributed by atoms with E-state index in [0.717, 1.165) is 42.7 Å². The van der Waals surface area contributed by atoms with Crippen LogP contribution in [-0.4, -0.2) is 51.2 Å². The Bertz CT molecular complexity index is 978. The zero-order valence-corrected chi connectivity index (χ0v) is 18.5. The molecule has 6 heteroatoms. The van der Waals surface area contributed by atoms with Gasteiger partial charge in [0.25, 0.3) is 5.56 Å². The molecule has 160 valence electrons. The third-order valence-corrected chi connectivity index (χ3v) is 6.02. The topological polar surface area (TPSA) is 54.8 Å². The molecule has 3 heterocycles. The molecule has 0 N–H and O–H groups in total. The number of aryl methyl sites for hydroxylation is 2. The summed E-state index contributed by atoms with van der Waals surface area (Å²) in [5, 5.41) is 0. The number of hydrogen-bond donors (Lipinski definition) is 0. The fourth-order valence-electron chi connectivity index (χ4n) is 4.56. The van der Waals surface area contributed by atoms with Gasteiger partial charge in [-0.15, -0.1) is 0 Å². The molecule has 0 aliphatic carbocycles. The minimum Gasteiger partial charge on any atom is -0.444 e. The number of nitrogens with zero attached hydrogens (tertiary/aromatic N) is 3. The quantitative estimate of drug-likeness (QED) is 0.778. The number of hydrogen-bond acceptors (Lipinski definition) is 4. The Kier molecular flexibility index (Phi) is 5.22. The lowest BCUT2D eigenvalue weighted by atomic mass is 10.0. The summed E-state index contributed by atoms with van der Waals surface area (Å²) < 4.78 is 7.19. The average molecular weight is 410 g/mol. The monoisotopic (exact) mass is 409 g/mol. The number of piperazine rings is 1. The van der Waals surface area contributed by atoms with Crippen LogP contribution in [-0.2, 0) is 18.3 Å². The molecule has 0 radical (unpaired) electrons. The van der Waals surface area contributed by atoms with Crippen molar-refractivity contribution in [1.29, 1.82) is 0 Å². The normalized spacial score (nSPS) is 21.3. The van der Waals surface area contributed by atoms with Gasteiger partial charge in [0.15, 0.2) is 0 Å². The minimum absolute atomic E-state index is 0.0416. The standard InChI is InChI=1S/C24H31N3O3/c1-16-10-19(13-25(5)22(16)28)18-8-6-17(7-9-18)12-26-14-21-11-20(26)15-27(21)23(29)30-24(2,3)4/h6-10,13,20-21H,11-12,14-15H2,1-5H3/t20?,21-/m0/s1. The number of carbonyl (C=O) groups is 1. The third kappa shape index (κ3) is 4.15. The molecule has 2 aliphatic heterocycles. The molecule has 1 unspecified atom stereocenters. The van der Waals surface area contributed by atoms with Crippen molar-refractivity contribution in [2.45, 2.75) is 58.3 Å². The molecule has 1 aromatic carbocycles. The van der Waals surface area contributed by atoms with E-state index in [1.54, 1.807) is 11.6 Å². The van der Waals surface area contributed by atoms with Crippen LogP contribution in [0.5, 0.6) is 0 Å². The largest absolute Gasteiger partial charge is 0.444 e. The van der Waals surface area contributed by atoms with Crippen LogP contribution in [0.15, 0.2) is 41.3 Å². The first-order valence-electron chi connectivity index (χ1n) is 10.6. The molecule has 2 saturated heterocycles. The summed E-state index contributed by atoms with van der Waals surface area (Å²) in [5.41, 5.74) is 3.76. The Morgan fingerprint density at radius 3 is 2.37 bits per heavy atom. The molecule has 1 aromatic heterocycles. The van der Waals surface area contributed by atoms with Crippen LogP contribution >= 0.6 is 0 Å². The molecule has 2 atom stereocenters. The lowest BCUT2D eigenvalue weighted by Gasteiger charge is -2.35. The van der Waals surface area contributed by atoms with E-state index in [1.165, 1.54) is 5.56 Å². The maximum Gasteiger partial charge on any atom is 0.410 e. The van der Waals surface area contributed by atoms with Crippen molar-refractivity contribution in [3.63, 3.8) is 0 Å². The van der Waals surface area contributed by atoms with Gasteiger partial charge in [-0.05, 0) is 56.9 Å². The van der Waals surface area contributed by atoms with Crippen LogP contribution in [0, 0.1) is 6.92 Å². The Labute approximate surface area is 178 Å². The van der Waals surface area contributed by atoms with Crippen LogP contribution in [0.4, 0.5) is 4.79 Å². The maximum absolute atomic E-state index is 12.4. The van der Waals surface area contributed by atoms with E-state index in [9.17, 15) is 9.59 Å². The number of ether oxygens (including phenoxy) is 1. The van der Waals surface area contributed by atoms with Crippen molar-refractivity contribution in [2.24, 2.45) is 7.05 Å². The lowest BCUT2D eigenvalue weighted by Crippen LogP contribution is -2.49. The summed E-state index contributed by atoms with van der Waals surface area (Å²) >= 11 is 0. The molecular formula is C24H31N3O3. The second kappa shape index (κ2) is 7.58.